The summed E-state index contributed by atoms with van der Waals surface area (Å²) in [6, 6.07) is 2.00. The molecule has 1 aromatic rings. The summed E-state index contributed by atoms with van der Waals surface area (Å²) in [6.07, 6.45) is 13.2. The molecule has 0 saturated heterocycles. The van der Waals surface area contributed by atoms with E-state index in [1.807, 2.05) is 13.0 Å². The molecule has 0 N–H and O–H groups in total. The molecule has 0 radical (unpaired) electrons. The van der Waals surface area contributed by atoms with Crippen molar-refractivity contribution in [3.05, 3.63) is 46.1 Å². The Balaban J connectivity index is 1.65. The molecule has 5 rings (SSSR count). The van der Waals surface area contributed by atoms with Gasteiger partial charge in [0, 0.05) is 19.3 Å². The third-order valence-electron chi connectivity index (χ3n) is 11.0. The first-order valence-electron chi connectivity index (χ1n) is 13.7. The highest BCUT2D eigenvalue weighted by molar-refractivity contribution is 5.76. The van der Waals surface area contributed by atoms with E-state index in [0.717, 1.165) is 24.8 Å². The SMILES string of the molecule is CC(=O)Oc1cc2c(c(C)c1OC(C)=O)CC=C1[C@@]2(C)CC[C@@]2(C)[C@@H]3C=C(C)CC[C@]3(C)CC[C@]12C. The zero-order valence-electron chi connectivity index (χ0n) is 23.4. The molecule has 0 aliphatic heterocycles. The Kier molecular flexibility index (Phi) is 5.67. The van der Waals surface area contributed by atoms with Gasteiger partial charge in [0.05, 0.1) is 0 Å². The van der Waals surface area contributed by atoms with E-state index in [9.17, 15) is 9.59 Å². The van der Waals surface area contributed by atoms with Crippen molar-refractivity contribution in [3.8, 4) is 11.5 Å². The second-order valence-corrected chi connectivity index (χ2v) is 13.1. The van der Waals surface area contributed by atoms with Crippen LogP contribution in [0.2, 0.25) is 0 Å². The van der Waals surface area contributed by atoms with Crippen LogP contribution < -0.4 is 9.47 Å². The maximum absolute atomic E-state index is 12.0. The molecule has 0 bridgehead atoms. The van der Waals surface area contributed by atoms with Crippen LogP contribution in [0.3, 0.4) is 0 Å². The average molecular weight is 491 g/mol. The van der Waals surface area contributed by atoms with Crippen LogP contribution in [0, 0.1) is 29.1 Å². The molecule has 4 heteroatoms. The lowest BCUT2D eigenvalue weighted by molar-refractivity contribution is -0.134. The minimum atomic E-state index is -0.410. The van der Waals surface area contributed by atoms with Gasteiger partial charge in [-0.2, -0.15) is 0 Å². The van der Waals surface area contributed by atoms with Crippen LogP contribution in [0.15, 0.2) is 29.4 Å². The second kappa shape index (κ2) is 8.07. The normalized spacial score (nSPS) is 36.8. The van der Waals surface area contributed by atoms with Crippen molar-refractivity contribution in [1.82, 2.24) is 0 Å². The predicted octanol–water partition coefficient (Wildman–Crippen LogP) is 7.55. The van der Waals surface area contributed by atoms with Gasteiger partial charge in [0.1, 0.15) is 0 Å². The van der Waals surface area contributed by atoms with E-state index >= 15 is 0 Å². The molecule has 0 aromatic heterocycles. The van der Waals surface area contributed by atoms with Gasteiger partial charge in [-0.15, -0.1) is 0 Å². The van der Waals surface area contributed by atoms with Crippen LogP contribution in [-0.2, 0) is 21.4 Å². The fourth-order valence-corrected chi connectivity index (χ4v) is 8.73. The quantitative estimate of drug-likeness (QED) is 0.244. The highest BCUT2D eigenvalue weighted by Crippen LogP contribution is 2.73. The van der Waals surface area contributed by atoms with Crippen molar-refractivity contribution >= 4 is 11.9 Å². The summed E-state index contributed by atoms with van der Waals surface area (Å²) < 4.78 is 11.2. The van der Waals surface area contributed by atoms with E-state index in [2.05, 4.69) is 46.8 Å². The van der Waals surface area contributed by atoms with Crippen LogP contribution in [0.5, 0.6) is 11.5 Å². The Morgan fingerprint density at radius 1 is 0.917 bits per heavy atom. The zero-order chi connectivity index (χ0) is 26.3. The smallest absolute Gasteiger partial charge is 0.308 e. The molecular weight excluding hydrogens is 448 g/mol. The van der Waals surface area contributed by atoms with Crippen molar-refractivity contribution in [2.24, 2.45) is 22.2 Å². The molecule has 194 valence electrons. The Morgan fingerprint density at radius 2 is 1.61 bits per heavy atom. The highest BCUT2D eigenvalue weighted by Gasteiger charge is 2.64. The van der Waals surface area contributed by atoms with E-state index in [1.54, 1.807) is 11.1 Å². The van der Waals surface area contributed by atoms with E-state index in [-0.39, 0.29) is 16.2 Å². The molecule has 4 nitrogen and oxygen atoms in total. The fourth-order valence-electron chi connectivity index (χ4n) is 8.73. The predicted molar refractivity (Wildman–Crippen MR) is 142 cm³/mol. The molecular formula is C32H42O4. The topological polar surface area (TPSA) is 52.6 Å². The Bertz CT molecular complexity index is 1220. The summed E-state index contributed by atoms with van der Waals surface area (Å²) in [4.78, 5) is 23.9. The summed E-state index contributed by atoms with van der Waals surface area (Å²) in [7, 11) is 0. The van der Waals surface area contributed by atoms with Gasteiger partial charge in [-0.05, 0) is 104 Å². The minimum absolute atomic E-state index is 0.0973. The van der Waals surface area contributed by atoms with Gasteiger partial charge in [-0.25, -0.2) is 0 Å². The van der Waals surface area contributed by atoms with Gasteiger partial charge in [0.2, 0.25) is 0 Å². The first kappa shape index (κ1) is 25.3. The Hall–Kier alpha value is -2.36. The summed E-state index contributed by atoms with van der Waals surface area (Å²) in [5.74, 6) is 0.506. The van der Waals surface area contributed by atoms with E-state index in [4.69, 9.17) is 9.47 Å². The molecule has 0 amide bonds. The third-order valence-corrected chi connectivity index (χ3v) is 11.0. The molecule has 0 heterocycles. The van der Waals surface area contributed by atoms with Crippen molar-refractivity contribution in [2.75, 3.05) is 0 Å². The summed E-state index contributed by atoms with van der Waals surface area (Å²) >= 11 is 0. The standard InChI is InChI=1S/C32H42O4/c1-19-11-12-29(5)13-15-31(7)26-10-9-23-20(2)28(36-22(4)34)25(35-21(3)33)18-24(23)30(26,6)14-16-32(31,8)27(29)17-19/h10,17-18,27H,9,11-16H2,1-8H3/t27-,29-,30+,31-,32+/m1/s1. The van der Waals surface area contributed by atoms with Crippen LogP contribution in [0.4, 0.5) is 0 Å². The molecule has 36 heavy (non-hydrogen) atoms. The second-order valence-electron chi connectivity index (χ2n) is 13.1. The molecule has 4 aliphatic carbocycles. The lowest BCUT2D eigenvalue weighted by atomic mass is 9.36. The number of carbonyl (C=O) groups excluding carboxylic acids is 2. The number of hydrogen-bond donors (Lipinski definition) is 0. The molecule has 0 spiro atoms. The zero-order valence-corrected chi connectivity index (χ0v) is 23.4. The average Bonchev–Trinajstić information content (AvgIpc) is 2.79. The fraction of sp³-hybridized carbons (Fsp3) is 0.625. The van der Waals surface area contributed by atoms with Crippen LogP contribution in [0.25, 0.3) is 0 Å². The molecule has 0 unspecified atom stereocenters. The van der Waals surface area contributed by atoms with Gasteiger partial charge < -0.3 is 9.47 Å². The Labute approximate surface area is 216 Å². The minimum Gasteiger partial charge on any atom is -0.423 e. The largest absolute Gasteiger partial charge is 0.423 e. The number of ether oxygens (including phenoxy) is 2. The first-order valence-corrected chi connectivity index (χ1v) is 13.7. The van der Waals surface area contributed by atoms with E-state index in [1.165, 1.54) is 50.7 Å². The van der Waals surface area contributed by atoms with Gasteiger partial charge in [0.25, 0.3) is 0 Å². The maximum atomic E-state index is 12.0. The van der Waals surface area contributed by atoms with Crippen molar-refractivity contribution in [3.63, 3.8) is 0 Å². The number of fused-ring (bicyclic) bond motifs is 7. The summed E-state index contributed by atoms with van der Waals surface area (Å²) in [5, 5.41) is 0. The van der Waals surface area contributed by atoms with Crippen LogP contribution >= 0.6 is 0 Å². The number of allylic oxidation sites excluding steroid dienone is 4. The molecule has 1 aromatic carbocycles. The molecule has 2 saturated carbocycles. The van der Waals surface area contributed by atoms with Gasteiger partial charge in [0.15, 0.2) is 11.5 Å². The molecule has 4 aliphatic rings. The third kappa shape index (κ3) is 3.39. The van der Waals surface area contributed by atoms with E-state index in [0.29, 0.717) is 22.8 Å². The van der Waals surface area contributed by atoms with E-state index < -0.39 is 11.9 Å². The van der Waals surface area contributed by atoms with Gasteiger partial charge in [-0.3, -0.25) is 9.59 Å². The number of carbonyl (C=O) groups is 2. The van der Waals surface area contributed by atoms with Crippen LogP contribution in [-0.4, -0.2) is 11.9 Å². The van der Waals surface area contributed by atoms with Crippen molar-refractivity contribution in [2.45, 2.75) is 106 Å². The maximum Gasteiger partial charge on any atom is 0.308 e. The molecule has 2 fully saturated rings. The summed E-state index contributed by atoms with van der Waals surface area (Å²) in [6.45, 7) is 17.1. The van der Waals surface area contributed by atoms with Crippen molar-refractivity contribution < 1.29 is 19.1 Å². The summed E-state index contributed by atoms with van der Waals surface area (Å²) in [5.41, 5.74) is 6.99. The molecule has 5 atom stereocenters. The highest BCUT2D eigenvalue weighted by atomic mass is 16.6. The monoisotopic (exact) mass is 490 g/mol. The van der Waals surface area contributed by atoms with Gasteiger partial charge >= 0.3 is 11.9 Å². The number of esters is 2. The number of hydrogen-bond acceptors (Lipinski definition) is 4. The first-order chi connectivity index (χ1) is 16.7. The number of benzene rings is 1. The number of rotatable bonds is 2. The van der Waals surface area contributed by atoms with Crippen LogP contribution in [0.1, 0.15) is 104 Å². The van der Waals surface area contributed by atoms with Crippen molar-refractivity contribution in [1.29, 1.82) is 0 Å². The lowest BCUT2D eigenvalue weighted by Crippen LogP contribution is -2.60. The van der Waals surface area contributed by atoms with Gasteiger partial charge in [-0.1, -0.05) is 51.0 Å². The lowest BCUT2D eigenvalue weighted by Gasteiger charge is -2.68. The Morgan fingerprint density at radius 3 is 2.28 bits per heavy atom.